The van der Waals surface area contributed by atoms with Gasteiger partial charge in [-0.25, -0.2) is 4.98 Å². The maximum absolute atomic E-state index is 5.16. The van der Waals surface area contributed by atoms with Crippen LogP contribution in [0.4, 0.5) is 0 Å². The quantitative estimate of drug-likeness (QED) is 0.0991. The Balaban J connectivity index is 1.55. The largest absolute Gasteiger partial charge is 0.314 e. The SMILES string of the molecule is C=N/C=C(\N=C(\CC)CCNC1CC(C)C1)c1cccc(-c2cccc(-c3cnc(CNCC(C)CCC(=C)CC)c(C)n3)c2CC)c1C. The second-order valence-electron chi connectivity index (χ2n) is 14.0. The molecule has 2 N–H and O–H groups in total. The molecule has 0 bridgehead atoms. The van der Waals surface area contributed by atoms with Crippen molar-refractivity contribution in [1.29, 1.82) is 0 Å². The van der Waals surface area contributed by atoms with Gasteiger partial charge in [-0.1, -0.05) is 83.2 Å². The first-order valence-electron chi connectivity index (χ1n) is 18.6. The summed E-state index contributed by atoms with van der Waals surface area (Å²) in [6.07, 6.45) is 12.3. The van der Waals surface area contributed by atoms with Crippen molar-refractivity contribution in [2.75, 3.05) is 13.1 Å². The molecular weight excluding hydrogens is 601 g/mol. The van der Waals surface area contributed by atoms with Crippen LogP contribution in [0.3, 0.4) is 0 Å². The number of aryl methyl sites for hydroxylation is 1. The molecule has 6 heteroatoms. The van der Waals surface area contributed by atoms with Crippen molar-refractivity contribution in [2.24, 2.45) is 21.8 Å². The normalized spacial score (nSPS) is 17.1. The Morgan fingerprint density at radius 1 is 1.02 bits per heavy atom. The minimum Gasteiger partial charge on any atom is -0.314 e. The highest BCUT2D eigenvalue weighted by atomic mass is 14.9. The average Bonchev–Trinajstić information content (AvgIpc) is 3.09. The van der Waals surface area contributed by atoms with Crippen molar-refractivity contribution >= 4 is 18.1 Å². The molecule has 0 radical (unpaired) electrons. The van der Waals surface area contributed by atoms with E-state index in [1.165, 1.54) is 46.4 Å². The van der Waals surface area contributed by atoms with Crippen molar-refractivity contribution in [3.8, 4) is 22.4 Å². The molecular formula is C43H60N6. The fourth-order valence-electron chi connectivity index (χ4n) is 6.86. The highest BCUT2D eigenvalue weighted by Gasteiger charge is 2.24. The van der Waals surface area contributed by atoms with Crippen LogP contribution in [-0.2, 0) is 13.0 Å². The zero-order chi connectivity index (χ0) is 35.3. The predicted molar refractivity (Wildman–Crippen MR) is 211 cm³/mol. The molecule has 262 valence electrons. The first-order valence-corrected chi connectivity index (χ1v) is 18.6. The van der Waals surface area contributed by atoms with Crippen LogP contribution in [0.25, 0.3) is 28.1 Å². The van der Waals surface area contributed by atoms with Crippen LogP contribution in [-0.4, -0.2) is 41.5 Å². The Bertz CT molecular complexity index is 1630. The van der Waals surface area contributed by atoms with Gasteiger partial charge >= 0.3 is 0 Å². The number of benzene rings is 2. The van der Waals surface area contributed by atoms with Crippen LogP contribution in [0.5, 0.6) is 0 Å². The molecule has 1 fully saturated rings. The van der Waals surface area contributed by atoms with Crippen molar-refractivity contribution < 1.29 is 0 Å². The van der Waals surface area contributed by atoms with Crippen molar-refractivity contribution in [1.82, 2.24) is 20.6 Å². The lowest BCUT2D eigenvalue weighted by atomic mass is 9.82. The number of aromatic nitrogens is 2. The molecule has 6 nitrogen and oxygen atoms in total. The van der Waals surface area contributed by atoms with Crippen LogP contribution in [0.1, 0.15) is 108 Å². The van der Waals surface area contributed by atoms with Crippen LogP contribution in [0, 0.1) is 25.7 Å². The summed E-state index contributed by atoms with van der Waals surface area (Å²) in [7, 11) is 0. The van der Waals surface area contributed by atoms with E-state index in [4.69, 9.17) is 15.0 Å². The monoisotopic (exact) mass is 660 g/mol. The molecule has 3 aromatic rings. The number of nitrogens with zero attached hydrogens (tertiary/aromatic N) is 4. The lowest BCUT2D eigenvalue weighted by Gasteiger charge is -2.33. The van der Waals surface area contributed by atoms with Crippen molar-refractivity contribution in [3.63, 3.8) is 0 Å². The molecule has 1 aliphatic rings. The summed E-state index contributed by atoms with van der Waals surface area (Å²) < 4.78 is 0. The van der Waals surface area contributed by atoms with E-state index in [1.54, 1.807) is 6.20 Å². The number of nitrogens with one attached hydrogen (secondary N) is 2. The van der Waals surface area contributed by atoms with E-state index in [-0.39, 0.29) is 0 Å². The van der Waals surface area contributed by atoms with Gasteiger partial charge in [-0.2, -0.15) is 0 Å². The topological polar surface area (TPSA) is 74.6 Å². The third-order valence-electron chi connectivity index (χ3n) is 10.2. The maximum atomic E-state index is 5.16. The van der Waals surface area contributed by atoms with E-state index in [0.29, 0.717) is 12.0 Å². The van der Waals surface area contributed by atoms with Gasteiger partial charge in [0.05, 0.1) is 35.2 Å². The second-order valence-corrected chi connectivity index (χ2v) is 14.0. The minimum atomic E-state index is 0.593. The van der Waals surface area contributed by atoms with Crippen LogP contribution < -0.4 is 10.6 Å². The van der Waals surface area contributed by atoms with E-state index in [0.717, 1.165) is 98.0 Å². The first kappa shape index (κ1) is 38.1. The van der Waals surface area contributed by atoms with Crippen LogP contribution in [0.15, 0.2) is 70.9 Å². The number of hydrogen-bond donors (Lipinski definition) is 2. The summed E-state index contributed by atoms with van der Waals surface area (Å²) in [6, 6.07) is 13.7. The molecule has 0 aliphatic heterocycles. The molecule has 49 heavy (non-hydrogen) atoms. The lowest BCUT2D eigenvalue weighted by molar-refractivity contribution is 0.244. The van der Waals surface area contributed by atoms with E-state index < -0.39 is 0 Å². The van der Waals surface area contributed by atoms with Crippen LogP contribution >= 0.6 is 0 Å². The average molecular weight is 661 g/mol. The van der Waals surface area contributed by atoms with Gasteiger partial charge in [0.25, 0.3) is 0 Å². The Hall–Kier alpha value is -3.74. The number of aliphatic imine (C=N–C) groups is 2. The summed E-state index contributed by atoms with van der Waals surface area (Å²) >= 11 is 0. The van der Waals surface area contributed by atoms with Gasteiger partial charge < -0.3 is 10.6 Å². The van der Waals surface area contributed by atoms with Gasteiger partial charge in [-0.3, -0.25) is 15.0 Å². The fourth-order valence-corrected chi connectivity index (χ4v) is 6.86. The standard InChI is InChI=1S/C43H60N6/c1-10-29(4)19-20-30(5)25-45-27-41-33(8)48-43(28-47-41)40-18-14-17-39(36(40)12-3)37-15-13-16-38(32(37)7)42(26-44-9)49-34(11-2)21-22-46-35-23-31(6)24-35/h13-18,26,28,30-31,35,45-46H,4,9-12,19-25,27H2,1-3,5-8H3/b42-26-,49-34-. The molecule has 1 aliphatic carbocycles. The first-order chi connectivity index (χ1) is 23.7. The molecule has 0 amide bonds. The summed E-state index contributed by atoms with van der Waals surface area (Å²) in [4.78, 5) is 19.3. The molecule has 1 saturated carbocycles. The molecule has 1 unspecified atom stereocenters. The van der Waals surface area contributed by atoms with E-state index in [2.05, 4.69) is 114 Å². The maximum Gasteiger partial charge on any atom is 0.0891 e. The summed E-state index contributed by atoms with van der Waals surface area (Å²) in [5.74, 6) is 1.44. The Morgan fingerprint density at radius 3 is 2.43 bits per heavy atom. The number of allylic oxidation sites excluding steroid dienone is 1. The van der Waals surface area contributed by atoms with E-state index >= 15 is 0 Å². The van der Waals surface area contributed by atoms with Gasteiger partial charge in [-0.05, 0) is 113 Å². The summed E-state index contributed by atoms with van der Waals surface area (Å²) in [5, 5.41) is 7.31. The highest BCUT2D eigenvalue weighted by molar-refractivity contribution is 5.91. The van der Waals surface area contributed by atoms with Gasteiger partial charge in [0, 0.05) is 36.0 Å². The third kappa shape index (κ3) is 10.4. The Labute approximate surface area is 296 Å². The van der Waals surface area contributed by atoms with E-state index in [9.17, 15) is 0 Å². The van der Waals surface area contributed by atoms with Crippen LogP contribution in [0.2, 0.25) is 0 Å². The molecule has 0 saturated heterocycles. The zero-order valence-electron chi connectivity index (χ0n) is 31.3. The Kier molecular flexibility index (Phi) is 14.7. The van der Waals surface area contributed by atoms with Gasteiger partial charge in [0.15, 0.2) is 0 Å². The highest BCUT2D eigenvalue weighted by Crippen LogP contribution is 2.36. The smallest absolute Gasteiger partial charge is 0.0891 e. The molecule has 2 aromatic carbocycles. The third-order valence-corrected chi connectivity index (χ3v) is 10.2. The summed E-state index contributed by atoms with van der Waals surface area (Å²) in [6.45, 7) is 26.1. The van der Waals surface area contributed by atoms with Crippen molar-refractivity contribution in [2.45, 2.75) is 112 Å². The molecule has 0 spiro atoms. The number of hydrogen-bond acceptors (Lipinski definition) is 6. The predicted octanol–water partition coefficient (Wildman–Crippen LogP) is 10.1. The zero-order valence-corrected chi connectivity index (χ0v) is 31.3. The number of rotatable bonds is 19. The fraction of sp³-hybridized carbons (Fsp3) is 0.488. The lowest BCUT2D eigenvalue weighted by Crippen LogP contribution is -2.40. The van der Waals surface area contributed by atoms with Gasteiger partial charge in [-0.15, -0.1) is 0 Å². The van der Waals surface area contributed by atoms with E-state index in [1.807, 2.05) is 6.20 Å². The second kappa shape index (κ2) is 18.9. The van der Waals surface area contributed by atoms with Crippen molar-refractivity contribution in [3.05, 3.63) is 89.0 Å². The molecule has 1 aromatic heterocycles. The Morgan fingerprint density at radius 2 is 1.76 bits per heavy atom. The molecule has 4 rings (SSSR count). The molecule has 1 heterocycles. The van der Waals surface area contributed by atoms with Gasteiger partial charge in [0.2, 0.25) is 0 Å². The summed E-state index contributed by atoms with van der Waals surface area (Å²) in [5.41, 5.74) is 13.3. The molecule has 1 atom stereocenters. The minimum absolute atomic E-state index is 0.593. The van der Waals surface area contributed by atoms with Gasteiger partial charge in [0.1, 0.15) is 0 Å².